The van der Waals surface area contributed by atoms with Gasteiger partial charge in [0.1, 0.15) is 17.5 Å². The van der Waals surface area contributed by atoms with Crippen LogP contribution >= 0.6 is 11.6 Å². The second kappa shape index (κ2) is 8.03. The molecule has 1 atom stereocenters. The molecule has 1 saturated heterocycles. The van der Waals surface area contributed by atoms with Crippen molar-refractivity contribution in [2.75, 3.05) is 11.4 Å². The van der Waals surface area contributed by atoms with E-state index in [4.69, 9.17) is 11.6 Å². The monoisotopic (exact) mass is 471 g/mol. The highest BCUT2D eigenvalue weighted by molar-refractivity contribution is 6.35. The van der Waals surface area contributed by atoms with E-state index in [0.717, 1.165) is 23.9 Å². The first-order chi connectivity index (χ1) is 16.6. The normalized spacial score (nSPS) is 15.9. The van der Waals surface area contributed by atoms with Crippen molar-refractivity contribution in [3.63, 3.8) is 0 Å². The minimum Gasteiger partial charge on any atom is -0.347 e. The number of H-pyrrole nitrogens is 1. The maximum Gasteiger partial charge on any atom is 0.264 e. The molecule has 168 valence electrons. The second-order valence-electron chi connectivity index (χ2n) is 8.10. The van der Waals surface area contributed by atoms with E-state index in [-0.39, 0.29) is 17.2 Å². The first kappa shape index (κ1) is 20.5. The molecule has 6 rings (SSSR count). The van der Waals surface area contributed by atoms with Crippen LogP contribution in [0.15, 0.2) is 71.0 Å². The number of aromatic nitrogens is 6. The number of rotatable bonds is 3. The van der Waals surface area contributed by atoms with Crippen molar-refractivity contribution in [1.82, 2.24) is 29.5 Å². The van der Waals surface area contributed by atoms with E-state index in [9.17, 15) is 9.59 Å². The lowest BCUT2D eigenvalue weighted by molar-refractivity contribution is 0.661. The van der Waals surface area contributed by atoms with E-state index >= 15 is 0 Å². The van der Waals surface area contributed by atoms with E-state index in [2.05, 4.69) is 29.8 Å². The molecule has 1 unspecified atom stereocenters. The predicted molar refractivity (Wildman–Crippen MR) is 130 cm³/mol. The summed E-state index contributed by atoms with van der Waals surface area (Å²) in [5.41, 5.74) is 1.22. The fourth-order valence-electron chi connectivity index (χ4n) is 4.78. The molecule has 1 fully saturated rings. The number of hydrogen-bond donors (Lipinski definition) is 1. The number of anilines is 1. The third kappa shape index (κ3) is 3.16. The third-order valence-electron chi connectivity index (χ3n) is 6.21. The van der Waals surface area contributed by atoms with Crippen molar-refractivity contribution in [2.45, 2.75) is 18.9 Å². The second-order valence-corrected chi connectivity index (χ2v) is 8.51. The fourth-order valence-corrected chi connectivity index (χ4v) is 5.04. The van der Waals surface area contributed by atoms with Gasteiger partial charge in [-0.1, -0.05) is 23.7 Å². The van der Waals surface area contributed by atoms with Crippen molar-refractivity contribution in [2.24, 2.45) is 0 Å². The standard InChI is InChI=1S/C24H18ClN7O2/c25-16-6-1-4-14-10-18(32(24(34)19(14)16)15-5-2-8-26-11-15)17-7-3-9-31(17)22-20-21(27-12-29-22)28-13-30-23(20)33/h1-2,4-6,8,10-13,17H,3,7,9H2,(H,27,28,29,30,33). The SMILES string of the molecule is O=c1[nH]cnc2ncnc(N3CCCC3c3cc4cccc(Cl)c4c(=O)n3-c3cccnc3)c12. The number of hydrogen-bond acceptors (Lipinski definition) is 7. The van der Waals surface area contributed by atoms with Crippen LogP contribution in [0.4, 0.5) is 5.82 Å². The zero-order chi connectivity index (χ0) is 23.2. The Hall–Kier alpha value is -4.11. The van der Waals surface area contributed by atoms with Gasteiger partial charge in [-0.15, -0.1) is 0 Å². The smallest absolute Gasteiger partial charge is 0.264 e. The topological polar surface area (TPSA) is 110 Å². The molecule has 1 aromatic carbocycles. The highest BCUT2D eigenvalue weighted by Crippen LogP contribution is 2.38. The zero-order valence-corrected chi connectivity index (χ0v) is 18.6. The first-order valence-electron chi connectivity index (χ1n) is 10.8. The van der Waals surface area contributed by atoms with Gasteiger partial charge in [0.2, 0.25) is 0 Å². The van der Waals surface area contributed by atoms with Crippen molar-refractivity contribution in [3.8, 4) is 5.69 Å². The molecule has 1 N–H and O–H groups in total. The molecular weight excluding hydrogens is 454 g/mol. The molecule has 34 heavy (non-hydrogen) atoms. The summed E-state index contributed by atoms with van der Waals surface area (Å²) in [5, 5.41) is 1.94. The van der Waals surface area contributed by atoms with Crippen LogP contribution < -0.4 is 16.0 Å². The van der Waals surface area contributed by atoms with Gasteiger partial charge in [-0.25, -0.2) is 15.0 Å². The molecule has 0 amide bonds. The highest BCUT2D eigenvalue weighted by Gasteiger charge is 2.32. The Labute approximate surface area is 197 Å². The van der Waals surface area contributed by atoms with Crippen LogP contribution in [0.1, 0.15) is 24.6 Å². The minimum absolute atomic E-state index is 0.214. The summed E-state index contributed by atoms with van der Waals surface area (Å²) in [4.78, 5) is 48.2. The number of aromatic amines is 1. The Morgan fingerprint density at radius 1 is 1.06 bits per heavy atom. The summed E-state index contributed by atoms with van der Waals surface area (Å²) in [5.74, 6) is 0.498. The van der Waals surface area contributed by atoms with Crippen molar-refractivity contribution < 1.29 is 0 Å². The zero-order valence-electron chi connectivity index (χ0n) is 17.8. The first-order valence-corrected chi connectivity index (χ1v) is 11.2. The molecule has 0 aliphatic carbocycles. The van der Waals surface area contributed by atoms with E-state index in [1.165, 1.54) is 12.7 Å². The van der Waals surface area contributed by atoms with E-state index in [1.807, 2.05) is 24.3 Å². The Morgan fingerprint density at radius 3 is 2.82 bits per heavy atom. The molecule has 0 spiro atoms. The Kier molecular flexibility index (Phi) is 4.84. The van der Waals surface area contributed by atoms with Gasteiger partial charge in [-0.2, -0.15) is 0 Å². The highest BCUT2D eigenvalue weighted by atomic mass is 35.5. The van der Waals surface area contributed by atoms with Gasteiger partial charge in [-0.05, 0) is 42.5 Å². The van der Waals surface area contributed by atoms with Crippen LogP contribution in [0.25, 0.3) is 27.5 Å². The molecule has 1 aliphatic heterocycles. The average molecular weight is 472 g/mol. The minimum atomic E-state index is -0.304. The maximum atomic E-state index is 13.8. The van der Waals surface area contributed by atoms with Crippen molar-refractivity contribution >= 4 is 39.2 Å². The summed E-state index contributed by atoms with van der Waals surface area (Å²) in [6.45, 7) is 0.667. The number of benzene rings is 1. The Bertz CT molecular complexity index is 1660. The van der Waals surface area contributed by atoms with Crippen LogP contribution in [-0.2, 0) is 0 Å². The number of fused-ring (bicyclic) bond motifs is 2. The maximum absolute atomic E-state index is 13.8. The number of nitrogens with zero attached hydrogens (tertiary/aromatic N) is 6. The van der Waals surface area contributed by atoms with Gasteiger partial charge in [-0.3, -0.25) is 19.1 Å². The van der Waals surface area contributed by atoms with Gasteiger partial charge in [0.05, 0.1) is 34.7 Å². The molecule has 4 aromatic heterocycles. The van der Waals surface area contributed by atoms with Crippen LogP contribution in [0.3, 0.4) is 0 Å². The molecule has 5 heterocycles. The molecule has 0 radical (unpaired) electrons. The quantitative estimate of drug-likeness (QED) is 0.429. The van der Waals surface area contributed by atoms with Crippen LogP contribution in [0.5, 0.6) is 0 Å². The molecule has 10 heteroatoms. The largest absolute Gasteiger partial charge is 0.347 e. The van der Waals surface area contributed by atoms with Crippen molar-refractivity contribution in [1.29, 1.82) is 0 Å². The van der Waals surface area contributed by atoms with Gasteiger partial charge in [0.25, 0.3) is 11.1 Å². The predicted octanol–water partition coefficient (Wildman–Crippen LogP) is 3.41. The number of nitrogens with one attached hydrogen (secondary N) is 1. The molecule has 5 aromatic rings. The lowest BCUT2D eigenvalue weighted by Crippen LogP contribution is -2.31. The van der Waals surface area contributed by atoms with E-state index < -0.39 is 0 Å². The number of pyridine rings is 2. The Morgan fingerprint density at radius 2 is 1.97 bits per heavy atom. The van der Waals surface area contributed by atoms with Gasteiger partial charge >= 0.3 is 0 Å². The molecule has 1 aliphatic rings. The van der Waals surface area contributed by atoms with Gasteiger partial charge < -0.3 is 9.88 Å². The fraction of sp³-hybridized carbons (Fsp3) is 0.167. The lowest BCUT2D eigenvalue weighted by Gasteiger charge is -2.29. The summed E-state index contributed by atoms with van der Waals surface area (Å²) >= 11 is 6.44. The molecule has 0 bridgehead atoms. The van der Waals surface area contributed by atoms with E-state index in [0.29, 0.717) is 39.5 Å². The molecule has 0 saturated carbocycles. The van der Waals surface area contributed by atoms with Gasteiger partial charge in [0, 0.05) is 18.4 Å². The summed E-state index contributed by atoms with van der Waals surface area (Å²) in [6.07, 6.45) is 7.69. The molecular formula is C24H18ClN7O2. The summed E-state index contributed by atoms with van der Waals surface area (Å²) in [7, 11) is 0. The summed E-state index contributed by atoms with van der Waals surface area (Å²) < 4.78 is 1.66. The average Bonchev–Trinajstić information content (AvgIpc) is 3.34. The third-order valence-corrected chi connectivity index (χ3v) is 6.53. The van der Waals surface area contributed by atoms with Crippen LogP contribution in [0.2, 0.25) is 5.02 Å². The van der Waals surface area contributed by atoms with E-state index in [1.54, 1.807) is 29.1 Å². The van der Waals surface area contributed by atoms with Crippen LogP contribution in [0, 0.1) is 0 Å². The molecule has 9 nitrogen and oxygen atoms in total. The van der Waals surface area contributed by atoms with Crippen LogP contribution in [-0.4, -0.2) is 36.0 Å². The Balaban J connectivity index is 1.63. The lowest BCUT2D eigenvalue weighted by atomic mass is 10.0. The number of halogens is 1. The van der Waals surface area contributed by atoms with Crippen molar-refractivity contribution in [3.05, 3.63) is 92.9 Å². The van der Waals surface area contributed by atoms with Gasteiger partial charge in [0.15, 0.2) is 5.65 Å². The summed E-state index contributed by atoms with van der Waals surface area (Å²) in [6, 6.07) is 10.8.